The molecule has 270 valence electrons. The first-order valence-corrected chi connectivity index (χ1v) is 20.8. The van der Waals surface area contributed by atoms with Gasteiger partial charge in [-0.05, 0) is 144 Å². The molecule has 0 saturated heterocycles. The van der Waals surface area contributed by atoms with Gasteiger partial charge in [0, 0.05) is 22.7 Å². The molecule has 0 radical (unpaired) electrons. The highest BCUT2D eigenvalue weighted by Gasteiger charge is 2.49. The summed E-state index contributed by atoms with van der Waals surface area (Å²) in [7, 11) is 0. The maximum atomic E-state index is 5.27. The second kappa shape index (κ2) is 9.21. The van der Waals surface area contributed by atoms with Crippen LogP contribution in [0.3, 0.4) is 0 Å². The minimum Gasteiger partial charge on any atom is -0.297 e. The van der Waals surface area contributed by atoms with Crippen molar-refractivity contribution in [3.8, 4) is 33.9 Å². The summed E-state index contributed by atoms with van der Waals surface area (Å²) in [6.45, 7) is 9.04. The molecule has 16 rings (SSSR count). The summed E-state index contributed by atoms with van der Waals surface area (Å²) >= 11 is 0. The van der Waals surface area contributed by atoms with Crippen LogP contribution in [0.5, 0.6) is 0 Å². The van der Waals surface area contributed by atoms with E-state index in [0.717, 1.165) is 71.0 Å². The number of fused-ring (bicyclic) bond motifs is 12. The molecule has 0 spiro atoms. The van der Waals surface area contributed by atoms with Gasteiger partial charge in [-0.2, -0.15) is 0 Å². The van der Waals surface area contributed by atoms with Crippen LogP contribution >= 0.6 is 0 Å². The van der Waals surface area contributed by atoms with Gasteiger partial charge in [-0.1, -0.05) is 48.5 Å². The standard InChI is InChI=1S/C48H32B2N8/c1-21-51-33-13-5-9-29-45(33)55(21)41-25-17-18-27-38-28(20-19-26(37(25)38)42-39(41)49(29)30-10-6-14-34-46(30)56(42)22(2)52-34)44-40-43(27)57-23(3)53-35-15-7-11-31(47(35)57)50(40)32-12-8-16-36-48(32)58(44)24(4)54-36/h5-16H,17-20H2,1-4H3. The fraction of sp³-hybridized carbons (Fsp3) is 0.167. The average Bonchev–Trinajstić information content (AvgIpc) is 3.97. The van der Waals surface area contributed by atoms with Gasteiger partial charge in [0.1, 0.15) is 23.3 Å². The number of hydrogen-bond acceptors (Lipinski definition) is 4. The van der Waals surface area contributed by atoms with Crippen molar-refractivity contribution in [2.24, 2.45) is 0 Å². The van der Waals surface area contributed by atoms with E-state index < -0.39 is 0 Å². The Morgan fingerprint density at radius 3 is 0.897 bits per heavy atom. The second-order valence-corrected chi connectivity index (χ2v) is 17.6. The zero-order valence-electron chi connectivity index (χ0n) is 32.5. The summed E-state index contributed by atoms with van der Waals surface area (Å²) in [5.74, 6) is 4.21. The highest BCUT2D eigenvalue weighted by Crippen LogP contribution is 2.52. The number of hydrogen-bond donors (Lipinski definition) is 0. The molecule has 8 nitrogen and oxygen atoms in total. The number of imidazole rings is 4. The van der Waals surface area contributed by atoms with Gasteiger partial charge < -0.3 is 0 Å². The molecule has 6 aliphatic rings. The van der Waals surface area contributed by atoms with Crippen LogP contribution in [0.25, 0.3) is 78.0 Å². The van der Waals surface area contributed by atoms with E-state index in [9.17, 15) is 0 Å². The number of aryl methyl sites for hydroxylation is 4. The highest BCUT2D eigenvalue weighted by atomic mass is 15.1. The molecule has 6 aromatic carbocycles. The lowest BCUT2D eigenvalue weighted by atomic mass is 9.33. The van der Waals surface area contributed by atoms with Crippen LogP contribution < -0.4 is 32.8 Å². The molecule has 8 heterocycles. The minimum atomic E-state index is 0.108. The monoisotopic (exact) mass is 742 g/mol. The van der Waals surface area contributed by atoms with E-state index in [1.807, 2.05) is 0 Å². The van der Waals surface area contributed by atoms with E-state index in [-0.39, 0.29) is 13.4 Å². The van der Waals surface area contributed by atoms with Crippen LogP contribution in [0, 0.1) is 27.7 Å². The first kappa shape index (κ1) is 29.6. The van der Waals surface area contributed by atoms with Crippen LogP contribution in [-0.2, 0) is 25.7 Å². The number of benzene rings is 6. The molecule has 0 bridgehead atoms. The van der Waals surface area contributed by atoms with Crippen LogP contribution in [0.2, 0.25) is 0 Å². The molecule has 10 aromatic rings. The number of rotatable bonds is 0. The Balaban J connectivity index is 1.15. The van der Waals surface area contributed by atoms with Gasteiger partial charge in [0.25, 0.3) is 13.4 Å². The zero-order valence-corrected chi connectivity index (χ0v) is 32.5. The van der Waals surface area contributed by atoms with E-state index in [0.29, 0.717) is 0 Å². The first-order chi connectivity index (χ1) is 28.5. The highest BCUT2D eigenvalue weighted by molar-refractivity contribution is 7.01. The molecule has 0 unspecified atom stereocenters. The smallest absolute Gasteiger partial charge is 0.252 e. The van der Waals surface area contributed by atoms with Gasteiger partial charge in [0.15, 0.2) is 0 Å². The number of para-hydroxylation sites is 4. The second-order valence-electron chi connectivity index (χ2n) is 17.6. The van der Waals surface area contributed by atoms with Crippen molar-refractivity contribution in [2.45, 2.75) is 53.4 Å². The molecule has 0 amide bonds. The number of nitrogens with zero attached hydrogens (tertiary/aromatic N) is 8. The summed E-state index contributed by atoms with van der Waals surface area (Å²) in [6.07, 6.45) is 3.85. The first-order valence-electron chi connectivity index (χ1n) is 20.8. The molecule has 2 aliphatic carbocycles. The predicted molar refractivity (Wildman–Crippen MR) is 233 cm³/mol. The van der Waals surface area contributed by atoms with Crippen molar-refractivity contribution >= 4 is 90.3 Å². The van der Waals surface area contributed by atoms with Crippen molar-refractivity contribution < 1.29 is 0 Å². The van der Waals surface area contributed by atoms with Gasteiger partial charge in [-0.15, -0.1) is 0 Å². The SMILES string of the molecule is Cc1nc2cccc3c2n1-c1c2c4c(c5c1B3c1cccc3nc(C)n-5c13)CCc1c-4c(c3c4c1-n1c(C)nc5cccc(c51)B4c1cccc4nc(C)n-3c14)CC2. The van der Waals surface area contributed by atoms with Crippen LogP contribution in [0.1, 0.15) is 45.6 Å². The van der Waals surface area contributed by atoms with Gasteiger partial charge in [-0.25, -0.2) is 19.9 Å². The van der Waals surface area contributed by atoms with Crippen LogP contribution in [-0.4, -0.2) is 51.6 Å². The van der Waals surface area contributed by atoms with Crippen molar-refractivity contribution in [2.75, 3.05) is 0 Å². The Hall–Kier alpha value is -6.67. The lowest BCUT2D eigenvalue weighted by molar-refractivity contribution is 0.829. The summed E-state index contributed by atoms with van der Waals surface area (Å²) in [5.41, 5.74) is 31.9. The quantitative estimate of drug-likeness (QED) is 0.216. The third-order valence-electron chi connectivity index (χ3n) is 15.1. The molecule has 0 N–H and O–H groups in total. The van der Waals surface area contributed by atoms with Crippen molar-refractivity contribution in [3.05, 3.63) is 118 Å². The Bertz CT molecular complexity index is 3280. The third kappa shape index (κ3) is 2.90. The molecule has 4 aliphatic heterocycles. The lowest BCUT2D eigenvalue weighted by Crippen LogP contribution is -2.61. The normalized spacial score (nSPS) is 15.2. The van der Waals surface area contributed by atoms with E-state index in [4.69, 9.17) is 19.9 Å². The topological polar surface area (TPSA) is 71.3 Å². The van der Waals surface area contributed by atoms with Gasteiger partial charge >= 0.3 is 0 Å². The molecular formula is C48H32B2N8. The largest absolute Gasteiger partial charge is 0.297 e. The Labute approximate surface area is 333 Å². The molecule has 0 fully saturated rings. The summed E-state index contributed by atoms with van der Waals surface area (Å²) in [4.78, 5) is 21.1. The lowest BCUT2D eigenvalue weighted by Gasteiger charge is -2.43. The molecule has 4 aromatic heterocycles. The summed E-state index contributed by atoms with van der Waals surface area (Å²) in [6, 6.07) is 27.1. The van der Waals surface area contributed by atoms with Gasteiger partial charge in [-0.3, -0.25) is 18.3 Å². The van der Waals surface area contributed by atoms with Crippen molar-refractivity contribution in [1.82, 2.24) is 38.2 Å². The fourth-order valence-electron chi connectivity index (χ4n) is 13.4. The van der Waals surface area contributed by atoms with E-state index >= 15 is 0 Å². The van der Waals surface area contributed by atoms with Crippen LogP contribution in [0.15, 0.2) is 72.8 Å². The molecule has 10 heteroatoms. The van der Waals surface area contributed by atoms with Crippen LogP contribution in [0.4, 0.5) is 0 Å². The molecule has 0 atom stereocenters. The van der Waals surface area contributed by atoms with E-state index in [2.05, 4.69) is 119 Å². The van der Waals surface area contributed by atoms with E-state index in [1.165, 1.54) is 111 Å². The van der Waals surface area contributed by atoms with Crippen molar-refractivity contribution in [3.63, 3.8) is 0 Å². The Kier molecular flexibility index (Phi) is 4.69. The number of aromatic nitrogens is 8. The molecule has 58 heavy (non-hydrogen) atoms. The fourth-order valence-corrected chi connectivity index (χ4v) is 13.4. The molecular weight excluding hydrogens is 710 g/mol. The zero-order chi connectivity index (χ0) is 37.8. The van der Waals surface area contributed by atoms with Gasteiger partial charge in [0.05, 0.1) is 44.1 Å². The molecule has 0 saturated carbocycles. The third-order valence-corrected chi connectivity index (χ3v) is 15.1. The summed E-state index contributed by atoms with van der Waals surface area (Å²) < 4.78 is 10.2. The maximum absolute atomic E-state index is 5.27. The van der Waals surface area contributed by atoms with Crippen molar-refractivity contribution in [1.29, 1.82) is 0 Å². The minimum absolute atomic E-state index is 0.108. The maximum Gasteiger partial charge on any atom is 0.252 e. The predicted octanol–water partition coefficient (Wildman–Crippen LogP) is 4.43. The average molecular weight is 742 g/mol. The van der Waals surface area contributed by atoms with Gasteiger partial charge in [0.2, 0.25) is 0 Å². The summed E-state index contributed by atoms with van der Waals surface area (Å²) in [5, 5.41) is 0. The Morgan fingerprint density at radius 2 is 0.638 bits per heavy atom. The van der Waals surface area contributed by atoms with E-state index in [1.54, 1.807) is 0 Å². The Morgan fingerprint density at radius 1 is 0.379 bits per heavy atom.